The van der Waals surface area contributed by atoms with E-state index in [0.717, 1.165) is 30.9 Å². The first-order chi connectivity index (χ1) is 11.1. The van der Waals surface area contributed by atoms with E-state index in [1.807, 2.05) is 12.1 Å². The van der Waals surface area contributed by atoms with Gasteiger partial charge in [-0.05, 0) is 43.5 Å². The van der Waals surface area contributed by atoms with Gasteiger partial charge in [-0.3, -0.25) is 4.99 Å². The molecule has 1 aliphatic rings. The fraction of sp³-hybridized carbons (Fsp3) is 0.389. The molecule has 24 heavy (non-hydrogen) atoms. The molecule has 1 aromatic carbocycles. The molecule has 0 radical (unpaired) electrons. The van der Waals surface area contributed by atoms with Gasteiger partial charge in [0.2, 0.25) is 0 Å². The molecule has 1 aliphatic carbocycles. The summed E-state index contributed by atoms with van der Waals surface area (Å²) < 4.78 is 14.0. The smallest absolute Gasteiger partial charge is 0.191 e. The van der Waals surface area contributed by atoms with Crippen LogP contribution in [-0.2, 0) is 12.0 Å². The third kappa shape index (κ3) is 4.47. The fourth-order valence-electron chi connectivity index (χ4n) is 2.81. The molecule has 0 unspecified atom stereocenters. The van der Waals surface area contributed by atoms with Crippen LogP contribution in [0.4, 0.5) is 4.39 Å². The predicted molar refractivity (Wildman–Crippen MR) is 110 cm³/mol. The molecule has 6 heteroatoms. The average Bonchev–Trinajstić information content (AvgIpc) is 3.22. The van der Waals surface area contributed by atoms with Crippen molar-refractivity contribution in [3.05, 3.63) is 57.5 Å². The Kier molecular flexibility index (Phi) is 6.62. The molecule has 1 aromatic heterocycles. The number of thiophene rings is 1. The van der Waals surface area contributed by atoms with Gasteiger partial charge in [-0.1, -0.05) is 18.2 Å². The molecule has 0 bridgehead atoms. The third-order valence-electron chi connectivity index (χ3n) is 4.34. The number of rotatable bonds is 5. The molecular formula is C18H23FIN3S. The maximum atomic E-state index is 14.0. The third-order valence-corrected chi connectivity index (χ3v) is 5.34. The van der Waals surface area contributed by atoms with Gasteiger partial charge < -0.3 is 10.6 Å². The topological polar surface area (TPSA) is 36.4 Å². The van der Waals surface area contributed by atoms with E-state index in [4.69, 9.17) is 0 Å². The van der Waals surface area contributed by atoms with Crippen LogP contribution in [-0.4, -0.2) is 19.6 Å². The Balaban J connectivity index is 0.00000208. The van der Waals surface area contributed by atoms with Crippen molar-refractivity contribution >= 4 is 41.3 Å². The molecule has 2 aromatic rings. The zero-order valence-corrected chi connectivity index (χ0v) is 17.1. The van der Waals surface area contributed by atoms with Crippen LogP contribution in [0.2, 0.25) is 0 Å². The number of nitrogens with one attached hydrogen (secondary N) is 2. The van der Waals surface area contributed by atoms with Gasteiger partial charge in [-0.15, -0.1) is 35.3 Å². The zero-order chi connectivity index (χ0) is 16.3. The average molecular weight is 459 g/mol. The van der Waals surface area contributed by atoms with Crippen LogP contribution in [0.3, 0.4) is 0 Å². The number of aryl methyl sites for hydroxylation is 1. The number of benzene rings is 1. The van der Waals surface area contributed by atoms with E-state index < -0.39 is 0 Å². The van der Waals surface area contributed by atoms with E-state index in [2.05, 4.69) is 34.7 Å². The van der Waals surface area contributed by atoms with Crippen LogP contribution in [0.1, 0.15) is 28.2 Å². The van der Waals surface area contributed by atoms with E-state index in [1.165, 1.54) is 9.75 Å². The summed E-state index contributed by atoms with van der Waals surface area (Å²) in [5.74, 6) is 0.655. The summed E-state index contributed by atoms with van der Waals surface area (Å²) in [6.07, 6.45) is 2.03. The number of hydrogen-bond acceptors (Lipinski definition) is 2. The predicted octanol–water partition coefficient (Wildman–Crippen LogP) is 4.21. The van der Waals surface area contributed by atoms with Crippen LogP contribution < -0.4 is 10.6 Å². The summed E-state index contributed by atoms with van der Waals surface area (Å²) in [6.45, 7) is 3.56. The normalized spacial score (nSPS) is 15.5. The van der Waals surface area contributed by atoms with E-state index in [1.54, 1.807) is 30.5 Å². The van der Waals surface area contributed by atoms with Crippen molar-refractivity contribution < 1.29 is 4.39 Å². The molecule has 0 aliphatic heterocycles. The lowest BCUT2D eigenvalue weighted by Gasteiger charge is -2.19. The Morgan fingerprint density at radius 3 is 2.54 bits per heavy atom. The summed E-state index contributed by atoms with van der Waals surface area (Å²) in [5, 5.41) is 6.67. The molecule has 0 amide bonds. The number of halogens is 2. The largest absolute Gasteiger partial charge is 0.356 e. The Labute approximate surface area is 163 Å². The Morgan fingerprint density at radius 1 is 1.21 bits per heavy atom. The van der Waals surface area contributed by atoms with E-state index in [9.17, 15) is 4.39 Å². The molecule has 3 nitrogen and oxygen atoms in total. The van der Waals surface area contributed by atoms with Gasteiger partial charge in [-0.25, -0.2) is 4.39 Å². The first-order valence-corrected chi connectivity index (χ1v) is 8.69. The number of guanidine groups is 1. The van der Waals surface area contributed by atoms with Crippen molar-refractivity contribution in [1.29, 1.82) is 0 Å². The Morgan fingerprint density at radius 2 is 1.96 bits per heavy atom. The molecule has 3 rings (SSSR count). The lowest BCUT2D eigenvalue weighted by molar-refractivity contribution is 0.560. The van der Waals surface area contributed by atoms with Crippen molar-refractivity contribution in [2.24, 2.45) is 4.99 Å². The van der Waals surface area contributed by atoms with E-state index >= 15 is 0 Å². The maximum Gasteiger partial charge on any atom is 0.191 e. The molecule has 0 spiro atoms. The number of aliphatic imine (C=N–C) groups is 1. The quantitative estimate of drug-likeness (QED) is 0.399. The van der Waals surface area contributed by atoms with Gasteiger partial charge in [0.15, 0.2) is 5.96 Å². The van der Waals surface area contributed by atoms with Crippen LogP contribution in [0, 0.1) is 12.7 Å². The molecule has 1 fully saturated rings. The van der Waals surface area contributed by atoms with Gasteiger partial charge in [-0.2, -0.15) is 0 Å². The second-order valence-electron chi connectivity index (χ2n) is 6.05. The van der Waals surface area contributed by atoms with Crippen molar-refractivity contribution in [3.63, 3.8) is 0 Å². The highest BCUT2D eigenvalue weighted by Crippen LogP contribution is 2.48. The molecule has 0 atom stereocenters. The first-order valence-electron chi connectivity index (χ1n) is 7.88. The maximum absolute atomic E-state index is 14.0. The van der Waals surface area contributed by atoms with Crippen LogP contribution in [0.15, 0.2) is 41.4 Å². The van der Waals surface area contributed by atoms with E-state index in [-0.39, 0.29) is 35.2 Å². The minimum Gasteiger partial charge on any atom is -0.356 e. The molecular weight excluding hydrogens is 436 g/mol. The molecule has 0 saturated heterocycles. The van der Waals surface area contributed by atoms with Gasteiger partial charge in [0, 0.05) is 28.8 Å². The summed E-state index contributed by atoms with van der Waals surface area (Å²) in [5.41, 5.74) is 0.736. The van der Waals surface area contributed by atoms with Crippen molar-refractivity contribution in [1.82, 2.24) is 10.6 Å². The highest BCUT2D eigenvalue weighted by atomic mass is 127. The minimum atomic E-state index is -0.108. The van der Waals surface area contributed by atoms with Crippen molar-refractivity contribution in [3.8, 4) is 0 Å². The minimum absolute atomic E-state index is 0. The highest BCUT2D eigenvalue weighted by Gasteiger charge is 2.45. The van der Waals surface area contributed by atoms with Crippen LogP contribution >= 0.6 is 35.3 Å². The van der Waals surface area contributed by atoms with Crippen molar-refractivity contribution in [2.45, 2.75) is 31.7 Å². The lowest BCUT2D eigenvalue weighted by Crippen LogP contribution is -2.41. The molecule has 1 saturated carbocycles. The summed E-state index contributed by atoms with van der Waals surface area (Å²) >= 11 is 1.78. The standard InChI is InChI=1S/C18H22FN3S.HI/c1-13-7-8-14(23-13)11-21-17(20-2)22-12-18(9-10-18)15-5-3-4-6-16(15)19;/h3-8H,9-12H2,1-2H3,(H2,20,21,22);1H. The number of nitrogens with zero attached hydrogens (tertiary/aromatic N) is 1. The first kappa shape index (κ1) is 19.2. The van der Waals surface area contributed by atoms with Gasteiger partial charge in [0.05, 0.1) is 6.54 Å². The van der Waals surface area contributed by atoms with Gasteiger partial charge >= 0.3 is 0 Å². The summed E-state index contributed by atoms with van der Waals surface area (Å²) in [4.78, 5) is 6.85. The van der Waals surface area contributed by atoms with Crippen molar-refractivity contribution in [2.75, 3.05) is 13.6 Å². The second kappa shape index (κ2) is 8.29. The van der Waals surface area contributed by atoms with Gasteiger partial charge in [0.1, 0.15) is 5.82 Å². The summed E-state index contributed by atoms with van der Waals surface area (Å²) in [7, 11) is 1.76. The monoisotopic (exact) mass is 459 g/mol. The molecule has 2 N–H and O–H groups in total. The second-order valence-corrected chi connectivity index (χ2v) is 7.42. The molecule has 1 heterocycles. The summed E-state index contributed by atoms with van der Waals surface area (Å²) in [6, 6.07) is 11.3. The fourth-order valence-corrected chi connectivity index (χ4v) is 3.64. The lowest BCUT2D eigenvalue weighted by atomic mass is 9.95. The van der Waals surface area contributed by atoms with Gasteiger partial charge in [0.25, 0.3) is 0 Å². The highest BCUT2D eigenvalue weighted by molar-refractivity contribution is 14.0. The zero-order valence-electron chi connectivity index (χ0n) is 13.9. The van der Waals surface area contributed by atoms with Crippen LogP contribution in [0.5, 0.6) is 0 Å². The molecule has 130 valence electrons. The Bertz CT molecular complexity index is 710. The van der Waals surface area contributed by atoms with Crippen LogP contribution in [0.25, 0.3) is 0 Å². The number of hydrogen-bond donors (Lipinski definition) is 2. The SMILES string of the molecule is CN=C(NCc1ccc(C)s1)NCC1(c2ccccc2F)CC1.I. The van der Waals surface area contributed by atoms with E-state index in [0.29, 0.717) is 6.54 Å². The Hall–Kier alpha value is -1.15.